The van der Waals surface area contributed by atoms with Crippen molar-refractivity contribution in [1.82, 2.24) is 9.47 Å². The summed E-state index contributed by atoms with van der Waals surface area (Å²) in [4.78, 5) is 4.12. The number of nitrogens with zero attached hydrogens (tertiary/aromatic N) is 3. The molecule has 204 valence electrons. The van der Waals surface area contributed by atoms with Crippen LogP contribution in [0.5, 0.6) is 0 Å². The number of hydrogen-bond donors (Lipinski definition) is 0. The van der Waals surface area contributed by atoms with E-state index >= 15 is 0 Å². The number of piperazine rings is 1. The number of rotatable bonds is 5. The van der Waals surface area contributed by atoms with Crippen molar-refractivity contribution >= 4 is 28.1 Å². The summed E-state index contributed by atoms with van der Waals surface area (Å²) in [7, 11) is 0. The van der Waals surface area contributed by atoms with E-state index in [-0.39, 0.29) is 11.3 Å². The van der Waals surface area contributed by atoms with Crippen LogP contribution in [-0.4, -0.2) is 35.6 Å². The Morgan fingerprint density at radius 2 is 1.43 bits per heavy atom. The molecule has 4 aromatic carbocycles. The zero-order valence-corrected chi connectivity index (χ0v) is 23.2. The van der Waals surface area contributed by atoms with Gasteiger partial charge in [-0.1, -0.05) is 60.1 Å². The van der Waals surface area contributed by atoms with Crippen LogP contribution in [0.1, 0.15) is 16.8 Å². The van der Waals surface area contributed by atoms with Crippen LogP contribution >= 0.6 is 11.6 Å². The molecule has 1 aromatic heterocycles. The fourth-order valence-electron chi connectivity index (χ4n) is 5.70. The Balaban J connectivity index is 1.32. The Hall–Kier alpha value is -3.74. The number of fused-ring (bicyclic) bond motifs is 1. The highest BCUT2D eigenvalue weighted by molar-refractivity contribution is 6.30. The molecule has 1 aliphatic heterocycles. The second-order valence-electron chi connectivity index (χ2n) is 10.4. The Labute approximate surface area is 237 Å². The molecule has 0 bridgehead atoms. The highest BCUT2D eigenvalue weighted by Crippen LogP contribution is 2.34. The van der Waals surface area contributed by atoms with Gasteiger partial charge in [-0.2, -0.15) is 0 Å². The van der Waals surface area contributed by atoms with Gasteiger partial charge in [0, 0.05) is 48.8 Å². The summed E-state index contributed by atoms with van der Waals surface area (Å²) in [6.07, 6.45) is 0. The second kappa shape index (κ2) is 10.7. The normalized spacial score (nSPS) is 14.3. The predicted molar refractivity (Wildman–Crippen MR) is 157 cm³/mol. The first-order chi connectivity index (χ1) is 19.3. The van der Waals surface area contributed by atoms with Crippen molar-refractivity contribution in [2.75, 3.05) is 31.1 Å². The van der Waals surface area contributed by atoms with Gasteiger partial charge in [0.1, 0.15) is 0 Å². The largest absolute Gasteiger partial charge is 0.367 e. The van der Waals surface area contributed by atoms with E-state index in [1.165, 1.54) is 29.3 Å². The summed E-state index contributed by atoms with van der Waals surface area (Å²) in [5.41, 5.74) is 5.84. The van der Waals surface area contributed by atoms with Gasteiger partial charge in [0.2, 0.25) is 0 Å². The van der Waals surface area contributed by atoms with E-state index in [2.05, 4.69) is 58.9 Å². The standard InChI is InChI=1S/C33H29ClF3N3/c1-21-18-30(32(36)33(37)31(21)35)39-16-14-38(15-17-39)20-25-19-29(24-10-12-26(34)13-11-24)40(22(25)2)28-9-5-7-23-6-3-4-8-27(23)28/h3-13,18-19H,14-17,20H2,1-2H3. The Bertz CT molecular complexity index is 1700. The van der Waals surface area contributed by atoms with E-state index in [9.17, 15) is 13.2 Å². The minimum atomic E-state index is -1.41. The van der Waals surface area contributed by atoms with E-state index in [0.29, 0.717) is 31.2 Å². The first kappa shape index (κ1) is 26.5. The summed E-state index contributed by atoms with van der Waals surface area (Å²) >= 11 is 6.21. The van der Waals surface area contributed by atoms with Gasteiger partial charge in [-0.3, -0.25) is 4.90 Å². The fraction of sp³-hybridized carbons (Fsp3) is 0.212. The topological polar surface area (TPSA) is 11.4 Å². The lowest BCUT2D eigenvalue weighted by molar-refractivity contribution is 0.248. The molecule has 1 fully saturated rings. The number of hydrogen-bond acceptors (Lipinski definition) is 2. The van der Waals surface area contributed by atoms with E-state index < -0.39 is 17.5 Å². The van der Waals surface area contributed by atoms with Gasteiger partial charge in [0.05, 0.1) is 17.1 Å². The second-order valence-corrected chi connectivity index (χ2v) is 10.8. The third kappa shape index (κ3) is 4.76. The highest BCUT2D eigenvalue weighted by Gasteiger charge is 2.25. The molecule has 40 heavy (non-hydrogen) atoms. The maximum Gasteiger partial charge on any atom is 0.196 e. The molecule has 1 aliphatic rings. The van der Waals surface area contributed by atoms with Gasteiger partial charge >= 0.3 is 0 Å². The summed E-state index contributed by atoms with van der Waals surface area (Å²) in [6.45, 7) is 6.71. The van der Waals surface area contributed by atoms with Gasteiger partial charge in [-0.15, -0.1) is 0 Å². The van der Waals surface area contributed by atoms with Gasteiger partial charge < -0.3 is 9.47 Å². The number of aromatic nitrogens is 1. The van der Waals surface area contributed by atoms with Crippen LogP contribution in [0.4, 0.5) is 18.9 Å². The first-order valence-electron chi connectivity index (χ1n) is 13.4. The monoisotopic (exact) mass is 559 g/mol. The van der Waals surface area contributed by atoms with Crippen molar-refractivity contribution in [3.63, 3.8) is 0 Å². The molecule has 6 rings (SSSR count). The molecule has 0 radical (unpaired) electrons. The lowest BCUT2D eigenvalue weighted by atomic mass is 10.1. The molecular formula is C33H29ClF3N3. The van der Waals surface area contributed by atoms with Gasteiger partial charge in [-0.25, -0.2) is 13.2 Å². The molecular weight excluding hydrogens is 531 g/mol. The zero-order valence-electron chi connectivity index (χ0n) is 22.4. The van der Waals surface area contributed by atoms with E-state index in [0.717, 1.165) is 29.2 Å². The van der Waals surface area contributed by atoms with Crippen molar-refractivity contribution in [2.24, 2.45) is 0 Å². The molecule has 1 saturated heterocycles. The number of anilines is 1. The molecule has 3 nitrogen and oxygen atoms in total. The van der Waals surface area contributed by atoms with Crippen LogP contribution in [0.15, 0.2) is 78.9 Å². The van der Waals surface area contributed by atoms with Crippen molar-refractivity contribution in [1.29, 1.82) is 0 Å². The molecule has 0 aliphatic carbocycles. The minimum absolute atomic E-state index is 0.108. The molecule has 0 saturated carbocycles. The molecule has 0 unspecified atom stereocenters. The molecule has 0 amide bonds. The molecule has 0 N–H and O–H groups in total. The highest BCUT2D eigenvalue weighted by atomic mass is 35.5. The number of benzene rings is 4. The molecule has 7 heteroatoms. The summed E-state index contributed by atoms with van der Waals surface area (Å²) < 4.78 is 44.7. The third-order valence-electron chi connectivity index (χ3n) is 7.92. The van der Waals surface area contributed by atoms with Gasteiger partial charge in [0.15, 0.2) is 17.5 Å². The zero-order chi connectivity index (χ0) is 28.0. The molecule has 5 aromatic rings. The van der Waals surface area contributed by atoms with Crippen LogP contribution < -0.4 is 4.90 Å². The van der Waals surface area contributed by atoms with Crippen molar-refractivity contribution in [3.8, 4) is 16.9 Å². The van der Waals surface area contributed by atoms with Gasteiger partial charge in [0.25, 0.3) is 0 Å². The lowest BCUT2D eigenvalue weighted by Crippen LogP contribution is -2.46. The Kier molecular flexibility index (Phi) is 7.07. The quantitative estimate of drug-likeness (QED) is 0.201. The van der Waals surface area contributed by atoms with Crippen LogP contribution in [0.25, 0.3) is 27.7 Å². The maximum absolute atomic E-state index is 14.5. The van der Waals surface area contributed by atoms with E-state index in [1.54, 1.807) is 4.90 Å². The van der Waals surface area contributed by atoms with Crippen LogP contribution in [-0.2, 0) is 6.54 Å². The minimum Gasteiger partial charge on any atom is -0.367 e. The fourth-order valence-corrected chi connectivity index (χ4v) is 5.82. The van der Waals surface area contributed by atoms with E-state index in [1.807, 2.05) is 30.3 Å². The molecule has 0 atom stereocenters. The third-order valence-corrected chi connectivity index (χ3v) is 8.17. The maximum atomic E-state index is 14.5. The van der Waals surface area contributed by atoms with Crippen LogP contribution in [0, 0.1) is 31.3 Å². The van der Waals surface area contributed by atoms with E-state index in [4.69, 9.17) is 11.6 Å². The van der Waals surface area contributed by atoms with Crippen molar-refractivity contribution in [2.45, 2.75) is 20.4 Å². The number of aryl methyl sites for hydroxylation is 1. The summed E-state index contributed by atoms with van der Waals surface area (Å²) in [5.74, 6) is -3.65. The average molecular weight is 560 g/mol. The predicted octanol–water partition coefficient (Wildman–Crippen LogP) is 8.31. The SMILES string of the molecule is Cc1cc(N2CCN(Cc3cc(-c4ccc(Cl)cc4)n(-c4cccc5ccccc45)c3C)CC2)c(F)c(F)c1F. The lowest BCUT2D eigenvalue weighted by Gasteiger charge is -2.36. The van der Waals surface area contributed by atoms with Crippen LogP contribution in [0.2, 0.25) is 5.02 Å². The Morgan fingerprint density at radius 3 is 2.17 bits per heavy atom. The summed E-state index contributed by atoms with van der Waals surface area (Å²) in [5, 5.41) is 3.03. The molecule has 0 spiro atoms. The van der Waals surface area contributed by atoms with Gasteiger partial charge in [-0.05, 0) is 66.3 Å². The Morgan fingerprint density at radius 1 is 0.725 bits per heavy atom. The van der Waals surface area contributed by atoms with Crippen LogP contribution in [0.3, 0.4) is 0 Å². The average Bonchev–Trinajstić information content (AvgIpc) is 3.29. The number of halogens is 4. The summed E-state index contributed by atoms with van der Waals surface area (Å²) in [6, 6.07) is 26.3. The molecule has 2 heterocycles. The smallest absolute Gasteiger partial charge is 0.196 e. The van der Waals surface area contributed by atoms with Crippen molar-refractivity contribution in [3.05, 3.63) is 118 Å². The van der Waals surface area contributed by atoms with Crippen molar-refractivity contribution < 1.29 is 13.2 Å². The first-order valence-corrected chi connectivity index (χ1v) is 13.8.